The van der Waals surface area contributed by atoms with E-state index in [2.05, 4.69) is 20.3 Å². The summed E-state index contributed by atoms with van der Waals surface area (Å²) in [6.07, 6.45) is 2.47. The fourth-order valence-corrected chi connectivity index (χ4v) is 1.68. The Hall–Kier alpha value is -1.50. The van der Waals surface area contributed by atoms with E-state index in [1.165, 1.54) is 7.11 Å². The number of nitrogens with one attached hydrogen (secondary N) is 1. The fraction of sp³-hybridized carbons (Fsp3) is 0.500. The van der Waals surface area contributed by atoms with Crippen LogP contribution in [-0.4, -0.2) is 46.0 Å². The highest BCUT2D eigenvalue weighted by Gasteiger charge is 2.06. The molecule has 0 aliphatic carbocycles. The van der Waals surface area contributed by atoms with E-state index in [0.29, 0.717) is 18.1 Å². The van der Waals surface area contributed by atoms with Crippen molar-refractivity contribution in [2.75, 3.05) is 31.0 Å². The number of carbonyl (C=O) groups is 1. The zero-order valence-electron chi connectivity index (χ0n) is 9.80. The van der Waals surface area contributed by atoms with Gasteiger partial charge in [-0.25, -0.2) is 4.79 Å². The van der Waals surface area contributed by atoms with Crippen LogP contribution in [0.5, 0.6) is 0 Å². The van der Waals surface area contributed by atoms with Crippen molar-refractivity contribution in [1.29, 1.82) is 0 Å². The number of carbonyl (C=O) groups excluding carboxylic acids is 1. The molecule has 1 N–H and O–H groups in total. The summed E-state index contributed by atoms with van der Waals surface area (Å²) >= 11 is 0. The number of aromatic nitrogens is 2. The van der Waals surface area contributed by atoms with Gasteiger partial charge in [-0.05, 0) is 18.6 Å². The molecule has 0 radical (unpaired) electrons. The third kappa shape index (κ3) is 4.90. The molecule has 0 fully saturated rings. The van der Waals surface area contributed by atoms with Gasteiger partial charge in [0, 0.05) is 29.4 Å². The van der Waals surface area contributed by atoms with Crippen LogP contribution in [0.4, 0.5) is 5.82 Å². The average molecular weight is 257 g/mol. The molecule has 0 saturated heterocycles. The van der Waals surface area contributed by atoms with Crippen molar-refractivity contribution in [3.8, 4) is 0 Å². The van der Waals surface area contributed by atoms with Crippen LogP contribution in [0.15, 0.2) is 12.1 Å². The van der Waals surface area contributed by atoms with Gasteiger partial charge in [-0.1, -0.05) is 0 Å². The van der Waals surface area contributed by atoms with Crippen LogP contribution in [0.2, 0.25) is 0 Å². The second-order valence-corrected chi connectivity index (χ2v) is 4.91. The maximum atomic E-state index is 11.1. The number of hydrogen-bond donors (Lipinski definition) is 1. The molecule has 1 heterocycles. The molecule has 0 amide bonds. The molecule has 1 unspecified atom stereocenters. The minimum Gasteiger partial charge on any atom is -0.464 e. The number of anilines is 1. The molecular formula is C10H15N3O3S. The summed E-state index contributed by atoms with van der Waals surface area (Å²) in [6, 6.07) is 3.20. The van der Waals surface area contributed by atoms with Gasteiger partial charge in [-0.15, -0.1) is 10.2 Å². The molecule has 94 valence electrons. The van der Waals surface area contributed by atoms with E-state index < -0.39 is 16.8 Å². The Labute approximate surface area is 102 Å². The molecule has 0 aromatic carbocycles. The minimum atomic E-state index is -0.772. The molecule has 0 bridgehead atoms. The molecule has 1 rings (SSSR count). The summed E-state index contributed by atoms with van der Waals surface area (Å²) < 4.78 is 15.3. The number of rotatable bonds is 6. The normalized spacial score (nSPS) is 11.9. The first-order chi connectivity index (χ1) is 8.13. The maximum absolute atomic E-state index is 11.1. The number of ether oxygens (including phenoxy) is 1. The van der Waals surface area contributed by atoms with Crippen molar-refractivity contribution in [2.45, 2.75) is 6.42 Å². The van der Waals surface area contributed by atoms with E-state index in [1.807, 2.05) is 0 Å². The molecule has 1 atom stereocenters. The van der Waals surface area contributed by atoms with Crippen molar-refractivity contribution < 1.29 is 13.7 Å². The first-order valence-electron chi connectivity index (χ1n) is 5.09. The molecule has 0 spiro atoms. The van der Waals surface area contributed by atoms with Gasteiger partial charge in [0.1, 0.15) is 5.82 Å². The van der Waals surface area contributed by atoms with Gasteiger partial charge in [-0.3, -0.25) is 4.21 Å². The lowest BCUT2D eigenvalue weighted by Gasteiger charge is -2.04. The van der Waals surface area contributed by atoms with Crippen LogP contribution in [-0.2, 0) is 15.5 Å². The summed E-state index contributed by atoms with van der Waals surface area (Å²) in [6.45, 7) is 0.672. The second kappa shape index (κ2) is 6.95. The van der Waals surface area contributed by atoms with Gasteiger partial charge in [-0.2, -0.15) is 0 Å². The number of methoxy groups -OCH3 is 1. The van der Waals surface area contributed by atoms with Crippen molar-refractivity contribution in [3.05, 3.63) is 17.8 Å². The Bertz CT molecular complexity index is 394. The lowest BCUT2D eigenvalue weighted by molar-refractivity contribution is 0.0593. The Kier molecular flexibility index (Phi) is 5.55. The Balaban J connectivity index is 2.40. The summed E-state index contributed by atoms with van der Waals surface area (Å²) in [4.78, 5) is 11.1. The van der Waals surface area contributed by atoms with Gasteiger partial charge < -0.3 is 10.1 Å². The van der Waals surface area contributed by atoms with E-state index in [-0.39, 0.29) is 5.69 Å². The highest BCUT2D eigenvalue weighted by molar-refractivity contribution is 7.84. The predicted molar refractivity (Wildman–Crippen MR) is 65.4 cm³/mol. The van der Waals surface area contributed by atoms with Gasteiger partial charge in [0.25, 0.3) is 0 Å². The minimum absolute atomic E-state index is 0.174. The van der Waals surface area contributed by atoms with Crippen LogP contribution in [0.1, 0.15) is 16.9 Å². The molecule has 1 aromatic rings. The van der Waals surface area contributed by atoms with Crippen molar-refractivity contribution >= 4 is 22.6 Å². The van der Waals surface area contributed by atoms with Crippen molar-refractivity contribution in [1.82, 2.24) is 10.2 Å². The summed E-state index contributed by atoms with van der Waals surface area (Å²) in [5.41, 5.74) is 0.174. The molecule has 0 aliphatic heterocycles. The topological polar surface area (TPSA) is 81.2 Å². The lowest BCUT2D eigenvalue weighted by Crippen LogP contribution is -2.10. The molecule has 7 heteroatoms. The molecule has 0 saturated carbocycles. The zero-order chi connectivity index (χ0) is 12.7. The highest BCUT2D eigenvalue weighted by atomic mass is 32.2. The van der Waals surface area contributed by atoms with Crippen LogP contribution < -0.4 is 5.32 Å². The maximum Gasteiger partial charge on any atom is 0.358 e. The lowest BCUT2D eigenvalue weighted by atomic mass is 10.4. The van der Waals surface area contributed by atoms with E-state index in [0.717, 1.165) is 6.42 Å². The number of esters is 1. The smallest absolute Gasteiger partial charge is 0.358 e. The molecule has 17 heavy (non-hydrogen) atoms. The third-order valence-electron chi connectivity index (χ3n) is 1.97. The SMILES string of the molecule is COC(=O)c1ccc(NCCCS(C)=O)nn1. The third-order valence-corrected chi connectivity index (χ3v) is 2.84. The van der Waals surface area contributed by atoms with Crippen molar-refractivity contribution in [3.63, 3.8) is 0 Å². The van der Waals surface area contributed by atoms with Gasteiger partial charge in [0.05, 0.1) is 7.11 Å². The number of hydrogen-bond acceptors (Lipinski definition) is 6. The standard InChI is InChI=1S/C10H15N3O3S/c1-16-10(14)8-4-5-9(13-12-8)11-6-3-7-17(2)15/h4-5H,3,6-7H2,1-2H3,(H,11,13). The second-order valence-electron chi connectivity index (χ2n) is 3.35. The van der Waals surface area contributed by atoms with Crippen LogP contribution in [0, 0.1) is 0 Å². The molecule has 6 nitrogen and oxygen atoms in total. The van der Waals surface area contributed by atoms with E-state index in [4.69, 9.17) is 0 Å². The summed E-state index contributed by atoms with van der Waals surface area (Å²) in [5.74, 6) is 0.727. The van der Waals surface area contributed by atoms with Crippen LogP contribution in [0.25, 0.3) is 0 Å². The summed E-state index contributed by atoms with van der Waals surface area (Å²) in [5, 5.41) is 10.6. The van der Waals surface area contributed by atoms with Gasteiger partial charge >= 0.3 is 5.97 Å². The highest BCUT2D eigenvalue weighted by Crippen LogP contribution is 2.03. The quantitative estimate of drug-likeness (QED) is 0.588. The molecule has 0 aliphatic rings. The van der Waals surface area contributed by atoms with E-state index in [9.17, 15) is 9.00 Å². The number of nitrogens with zero attached hydrogens (tertiary/aromatic N) is 2. The molecule has 1 aromatic heterocycles. The largest absolute Gasteiger partial charge is 0.464 e. The first kappa shape index (κ1) is 13.6. The first-order valence-corrected chi connectivity index (χ1v) is 6.82. The van der Waals surface area contributed by atoms with E-state index in [1.54, 1.807) is 18.4 Å². The monoisotopic (exact) mass is 257 g/mol. The van der Waals surface area contributed by atoms with Gasteiger partial charge in [0.15, 0.2) is 5.69 Å². The van der Waals surface area contributed by atoms with Crippen molar-refractivity contribution in [2.24, 2.45) is 0 Å². The van der Waals surface area contributed by atoms with Gasteiger partial charge in [0.2, 0.25) is 0 Å². The Morgan fingerprint density at radius 3 is 2.76 bits per heavy atom. The van der Waals surface area contributed by atoms with Crippen LogP contribution in [0.3, 0.4) is 0 Å². The predicted octanol–water partition coefficient (Wildman–Crippen LogP) is 0.444. The van der Waals surface area contributed by atoms with Crippen LogP contribution >= 0.6 is 0 Å². The Morgan fingerprint density at radius 1 is 1.47 bits per heavy atom. The average Bonchev–Trinajstić information content (AvgIpc) is 2.34. The summed E-state index contributed by atoms with van der Waals surface area (Å²) in [7, 11) is 0.521. The molecular weight excluding hydrogens is 242 g/mol. The fourth-order valence-electron chi connectivity index (χ4n) is 1.13. The zero-order valence-corrected chi connectivity index (χ0v) is 10.6. The Morgan fingerprint density at radius 2 is 2.24 bits per heavy atom. The van der Waals surface area contributed by atoms with E-state index >= 15 is 0 Å².